The van der Waals surface area contributed by atoms with Gasteiger partial charge in [0.05, 0.1) is 16.7 Å². The molecule has 2 amide bonds. The van der Waals surface area contributed by atoms with Crippen LogP contribution in [0.25, 0.3) is 17.4 Å². The molecule has 1 fully saturated rings. The number of amides is 2. The van der Waals surface area contributed by atoms with Crippen LogP contribution >= 0.6 is 0 Å². The number of hydroxylamine groups is 2. The Morgan fingerprint density at radius 2 is 1.66 bits per heavy atom. The number of carbonyl (C=O) groups is 3. The maximum absolute atomic E-state index is 12.8. The molecule has 0 bridgehead atoms. The Morgan fingerprint density at radius 3 is 2.27 bits per heavy atom. The third-order valence-electron chi connectivity index (χ3n) is 10.2. The zero-order valence-electron chi connectivity index (χ0n) is 32.6. The minimum atomic E-state index is -4.63. The molecule has 1 atom stereocenters. The number of benzene rings is 2. The molecule has 3 aliphatic heterocycles. The molecule has 1 aromatic carbocycles. The Bertz CT molecular complexity index is 2330. The van der Waals surface area contributed by atoms with Crippen LogP contribution in [0.15, 0.2) is 69.6 Å². The van der Waals surface area contributed by atoms with Gasteiger partial charge >= 0.3 is 5.97 Å². The van der Waals surface area contributed by atoms with E-state index in [4.69, 9.17) is 9.25 Å². The van der Waals surface area contributed by atoms with E-state index in [0.29, 0.717) is 27.8 Å². The fourth-order valence-corrected chi connectivity index (χ4v) is 8.23. The molecule has 14 nitrogen and oxygen atoms in total. The Kier molecular flexibility index (Phi) is 12.5. The summed E-state index contributed by atoms with van der Waals surface area (Å²) in [4.78, 5) is 43.4. The molecule has 16 heteroatoms. The third-order valence-corrected chi connectivity index (χ3v) is 11.9. The van der Waals surface area contributed by atoms with Crippen molar-refractivity contribution in [2.75, 3.05) is 30.3 Å². The lowest BCUT2D eigenvalue weighted by atomic mass is 9.77. The Hall–Kier alpha value is -4.64. The fraction of sp³-hybridized carbons (Fsp3) is 0.450. The van der Waals surface area contributed by atoms with E-state index in [9.17, 15) is 40.3 Å². The van der Waals surface area contributed by atoms with Gasteiger partial charge in [-0.15, -0.1) is 5.06 Å². The van der Waals surface area contributed by atoms with Crippen molar-refractivity contribution in [3.63, 3.8) is 0 Å². The highest BCUT2D eigenvalue weighted by atomic mass is 32.2. The molecule has 0 saturated carbocycles. The number of rotatable bonds is 14. The smallest absolute Gasteiger partial charge is 0.333 e. The highest BCUT2D eigenvalue weighted by Gasteiger charge is 2.44. The number of hydrogen-bond donors (Lipinski definition) is 2. The van der Waals surface area contributed by atoms with Crippen LogP contribution in [0.3, 0.4) is 0 Å². The number of nitrogens with zero attached hydrogens (tertiary/aromatic N) is 3. The first kappa shape index (κ1) is 42.5. The van der Waals surface area contributed by atoms with Crippen LogP contribution in [0, 0.1) is 0 Å². The molecule has 2 N–H and O–H groups in total. The van der Waals surface area contributed by atoms with Crippen LogP contribution in [0.1, 0.15) is 97.0 Å². The zero-order valence-corrected chi connectivity index (χ0v) is 34.2. The molecule has 0 spiro atoms. The summed E-state index contributed by atoms with van der Waals surface area (Å²) in [5.41, 5.74) is 2.09. The van der Waals surface area contributed by atoms with Crippen LogP contribution in [0.2, 0.25) is 0 Å². The first-order valence-electron chi connectivity index (χ1n) is 18.6. The molecule has 302 valence electrons. The van der Waals surface area contributed by atoms with Crippen molar-refractivity contribution in [3.8, 4) is 11.3 Å². The lowest BCUT2D eigenvalue weighted by Gasteiger charge is -2.30. The fourth-order valence-electron chi connectivity index (χ4n) is 7.23. The SMILES string of the molecule is CC[N+](CC)=c1ccc2c(C=CC=C3N(CCCS(=O)(=O)O)c4ccc(S(=O)(=O)O)cc4C3(C)CCCC(=O)ON3C(=O)CCC3=O)cc(C(C)(C)C)oc-2c1. The second-order valence-electron chi connectivity index (χ2n) is 15.3. The van der Waals surface area contributed by atoms with Gasteiger partial charge < -0.3 is 14.2 Å². The first-order valence-corrected chi connectivity index (χ1v) is 21.7. The predicted octanol–water partition coefficient (Wildman–Crippen LogP) is 5.47. The van der Waals surface area contributed by atoms with Gasteiger partial charge in [-0.2, -0.15) is 16.8 Å². The minimum Gasteiger partial charge on any atom is -0.460 e. The van der Waals surface area contributed by atoms with Crippen molar-refractivity contribution >= 4 is 49.8 Å². The van der Waals surface area contributed by atoms with Crippen molar-refractivity contribution in [2.24, 2.45) is 0 Å². The van der Waals surface area contributed by atoms with Gasteiger partial charge in [0, 0.05) is 59.7 Å². The number of allylic oxidation sites excluding steroid dienone is 3. The molecule has 3 heterocycles. The van der Waals surface area contributed by atoms with E-state index in [0.717, 1.165) is 35.3 Å². The van der Waals surface area contributed by atoms with E-state index < -0.39 is 49.2 Å². The topological polar surface area (TPSA) is 192 Å². The normalized spacial score (nSPS) is 18.5. The van der Waals surface area contributed by atoms with Gasteiger partial charge in [0.15, 0.2) is 0 Å². The average Bonchev–Trinajstić information content (AvgIpc) is 3.54. The van der Waals surface area contributed by atoms with Gasteiger partial charge in [0.25, 0.3) is 32.1 Å². The van der Waals surface area contributed by atoms with Crippen molar-refractivity contribution in [1.29, 1.82) is 0 Å². The summed E-state index contributed by atoms with van der Waals surface area (Å²) in [6.45, 7) is 14.0. The maximum Gasteiger partial charge on any atom is 0.333 e. The van der Waals surface area contributed by atoms with E-state index in [1.165, 1.54) is 18.2 Å². The number of fused-ring (bicyclic) bond motifs is 2. The van der Waals surface area contributed by atoms with E-state index in [1.54, 1.807) is 0 Å². The van der Waals surface area contributed by atoms with Gasteiger partial charge in [-0.05, 0) is 87.6 Å². The number of hydrogen-bond acceptors (Lipinski definition) is 10. The number of anilines is 1. The molecular weight excluding hydrogens is 763 g/mol. The van der Waals surface area contributed by atoms with Crippen molar-refractivity contribution in [2.45, 2.75) is 95.8 Å². The molecule has 1 aromatic rings. The van der Waals surface area contributed by atoms with Crippen LogP contribution in [0.4, 0.5) is 5.69 Å². The molecule has 56 heavy (non-hydrogen) atoms. The Morgan fingerprint density at radius 1 is 0.982 bits per heavy atom. The summed E-state index contributed by atoms with van der Waals surface area (Å²) in [7, 11) is -8.92. The van der Waals surface area contributed by atoms with Crippen molar-refractivity contribution < 1.29 is 49.6 Å². The monoisotopic (exact) mass is 812 g/mol. The average molecular weight is 813 g/mol. The molecule has 4 aliphatic rings. The van der Waals surface area contributed by atoms with Gasteiger partial charge in [0.2, 0.25) is 5.36 Å². The van der Waals surface area contributed by atoms with Crippen LogP contribution in [-0.2, 0) is 50.3 Å². The zero-order chi connectivity index (χ0) is 41.2. The third kappa shape index (κ3) is 9.48. The molecule has 1 unspecified atom stereocenters. The summed E-state index contributed by atoms with van der Waals surface area (Å²) in [5, 5.41) is 1.51. The van der Waals surface area contributed by atoms with Crippen LogP contribution in [0.5, 0.6) is 0 Å². The summed E-state index contributed by atoms with van der Waals surface area (Å²) in [5.74, 6) is -1.05. The van der Waals surface area contributed by atoms with E-state index in [2.05, 4.69) is 39.2 Å². The van der Waals surface area contributed by atoms with Crippen LogP contribution < -0.4 is 14.8 Å². The lowest BCUT2D eigenvalue weighted by Crippen LogP contribution is -2.32. The Balaban J connectivity index is 1.60. The number of carbonyl (C=O) groups excluding carboxylic acids is 3. The lowest BCUT2D eigenvalue weighted by molar-refractivity contribution is -0.197. The van der Waals surface area contributed by atoms with E-state index >= 15 is 0 Å². The molecule has 0 aromatic heterocycles. The summed E-state index contributed by atoms with van der Waals surface area (Å²) in [6.07, 6.45) is 5.77. The number of imide groups is 1. The molecular formula is C40H50N3O11S2+. The summed E-state index contributed by atoms with van der Waals surface area (Å²) in [6, 6.07) is 12.2. The highest BCUT2D eigenvalue weighted by molar-refractivity contribution is 7.86. The maximum atomic E-state index is 12.8. The van der Waals surface area contributed by atoms with Gasteiger partial charge in [-0.3, -0.25) is 18.7 Å². The van der Waals surface area contributed by atoms with E-state index in [-0.39, 0.29) is 55.4 Å². The van der Waals surface area contributed by atoms with Gasteiger partial charge in [-0.1, -0.05) is 32.9 Å². The predicted molar refractivity (Wildman–Crippen MR) is 211 cm³/mol. The summed E-state index contributed by atoms with van der Waals surface area (Å²) < 4.78 is 76.3. The highest BCUT2D eigenvalue weighted by Crippen LogP contribution is 2.51. The first-order chi connectivity index (χ1) is 26.2. The quantitative estimate of drug-likeness (QED) is 0.119. The molecule has 5 rings (SSSR count). The van der Waals surface area contributed by atoms with Crippen molar-refractivity contribution in [1.82, 2.24) is 9.64 Å². The Labute approximate surface area is 327 Å². The second kappa shape index (κ2) is 16.5. The summed E-state index contributed by atoms with van der Waals surface area (Å²) >= 11 is 0. The van der Waals surface area contributed by atoms with E-state index in [1.807, 2.05) is 54.3 Å². The van der Waals surface area contributed by atoms with Crippen molar-refractivity contribution in [3.05, 3.63) is 82.6 Å². The largest absolute Gasteiger partial charge is 0.460 e. The minimum absolute atomic E-state index is 0.0221. The van der Waals surface area contributed by atoms with Crippen LogP contribution in [-0.4, -0.2) is 74.2 Å². The standard InChI is InChI=1S/C40H49N3O11S2/c1-7-41(8-2)28-15-17-30-27(24-35(39(3,4)5)53-33(30)25-28)12-9-13-34-40(6,21-10-14-38(46)54-43-36(44)19-20-37(43)45)31-26-29(56(50,51)52)16-18-32(31)42(34)22-11-23-55(47,48)49/h9,12-13,15-18,24-26H,7-8,10-11,14,19-23H2,1-6H3,(H-,47,48,49,50,51,52)/p+1. The van der Waals surface area contributed by atoms with Gasteiger partial charge in [-0.25, -0.2) is 9.37 Å². The molecule has 0 radical (unpaired) electrons. The molecule has 1 aliphatic carbocycles. The molecule has 1 saturated heterocycles. The van der Waals surface area contributed by atoms with Gasteiger partial charge in [0.1, 0.15) is 24.6 Å². The second-order valence-corrected chi connectivity index (χ2v) is 18.2.